The van der Waals surface area contributed by atoms with Crippen molar-refractivity contribution in [2.45, 2.75) is 6.92 Å². The van der Waals surface area contributed by atoms with Gasteiger partial charge in [-0.3, -0.25) is 14.5 Å². The predicted molar refractivity (Wildman–Crippen MR) is 130 cm³/mol. The third-order valence-corrected chi connectivity index (χ3v) is 5.83. The summed E-state index contributed by atoms with van der Waals surface area (Å²) < 4.78 is 4.92. The molecule has 0 saturated heterocycles. The summed E-state index contributed by atoms with van der Waals surface area (Å²) in [6, 6.07) is 10.7. The number of hydrogen-bond acceptors (Lipinski definition) is 7. The molecule has 3 rings (SSSR count). The Kier molecular flexibility index (Phi) is 8.16. The lowest BCUT2D eigenvalue weighted by atomic mass is 10.0. The number of amides is 2. The van der Waals surface area contributed by atoms with E-state index in [1.54, 1.807) is 47.8 Å². The quantitative estimate of drug-likeness (QED) is 0.465. The Balaban J connectivity index is 1.66. The van der Waals surface area contributed by atoms with Crippen LogP contribution in [0.1, 0.15) is 15.9 Å². The number of carbonyl (C=O) groups excluding carboxylic acids is 3. The van der Waals surface area contributed by atoms with Crippen LogP contribution in [-0.2, 0) is 14.3 Å². The van der Waals surface area contributed by atoms with E-state index in [1.165, 1.54) is 18.4 Å². The Hall–Kier alpha value is -3.27. The zero-order valence-electron chi connectivity index (χ0n) is 18.3. The fourth-order valence-corrected chi connectivity index (χ4v) is 4.27. The molecule has 2 N–H and O–H groups in total. The number of esters is 1. The third kappa shape index (κ3) is 6.38. The zero-order valence-corrected chi connectivity index (χ0v) is 19.9. The number of rotatable bonds is 8. The number of likely N-dealkylation sites (N-methyl/N-ethyl adjacent to an activating group) is 1. The first-order valence-corrected chi connectivity index (χ1v) is 11.2. The molecule has 1 aromatic carbocycles. The van der Waals surface area contributed by atoms with Gasteiger partial charge < -0.3 is 15.4 Å². The summed E-state index contributed by atoms with van der Waals surface area (Å²) in [5, 5.41) is 8.01. The molecule has 0 aliphatic rings. The first-order chi connectivity index (χ1) is 15.8. The second kappa shape index (κ2) is 11.0. The van der Waals surface area contributed by atoms with Gasteiger partial charge in [-0.2, -0.15) is 0 Å². The summed E-state index contributed by atoms with van der Waals surface area (Å²) in [6.07, 6.45) is 1.66. The number of hydrogen-bond donors (Lipinski definition) is 2. The average Bonchev–Trinajstić information content (AvgIpc) is 3.17. The smallest absolute Gasteiger partial charge is 0.341 e. The number of nitrogens with zero attached hydrogens (tertiary/aromatic N) is 2. The molecule has 0 atom stereocenters. The maximum Gasteiger partial charge on any atom is 0.341 e. The lowest BCUT2D eigenvalue weighted by molar-refractivity contribution is -0.119. The molecule has 0 aliphatic carbocycles. The van der Waals surface area contributed by atoms with Gasteiger partial charge in [0.2, 0.25) is 11.8 Å². The van der Waals surface area contributed by atoms with Crippen LogP contribution in [0.3, 0.4) is 0 Å². The monoisotopic (exact) mass is 486 g/mol. The molecule has 0 aliphatic heterocycles. The SMILES string of the molecule is COC(=O)c1c(-c2ccccc2Cl)csc1NC(=O)CN(C)CC(=O)Nc1ccc(C)cn1. The van der Waals surface area contributed by atoms with E-state index in [-0.39, 0.29) is 30.5 Å². The number of aromatic nitrogens is 1. The van der Waals surface area contributed by atoms with Gasteiger partial charge >= 0.3 is 5.97 Å². The van der Waals surface area contributed by atoms with Gasteiger partial charge in [-0.25, -0.2) is 9.78 Å². The van der Waals surface area contributed by atoms with Crippen molar-refractivity contribution in [3.8, 4) is 11.1 Å². The number of halogens is 1. The van der Waals surface area contributed by atoms with Crippen LogP contribution in [0.15, 0.2) is 48.0 Å². The lowest BCUT2D eigenvalue weighted by Crippen LogP contribution is -2.36. The Labute approximate surface area is 200 Å². The van der Waals surface area contributed by atoms with Crippen molar-refractivity contribution >= 4 is 51.5 Å². The molecule has 2 heterocycles. The van der Waals surface area contributed by atoms with E-state index < -0.39 is 5.97 Å². The standard InChI is InChI=1S/C23H23ClN4O4S/c1-14-8-9-18(25-10-14)26-19(29)11-28(2)12-20(30)27-22-21(23(31)32-3)16(13-33-22)15-6-4-5-7-17(15)24/h4-10,13H,11-12H2,1-3H3,(H,27,30)(H,25,26,29). The van der Waals surface area contributed by atoms with E-state index in [4.69, 9.17) is 16.3 Å². The van der Waals surface area contributed by atoms with Crippen molar-refractivity contribution in [3.63, 3.8) is 0 Å². The number of nitrogens with one attached hydrogen (secondary N) is 2. The maximum absolute atomic E-state index is 12.6. The van der Waals surface area contributed by atoms with Crippen molar-refractivity contribution in [2.75, 3.05) is 37.9 Å². The van der Waals surface area contributed by atoms with Gasteiger partial charge in [-0.1, -0.05) is 35.9 Å². The highest BCUT2D eigenvalue weighted by molar-refractivity contribution is 7.15. The Bertz CT molecular complexity index is 1160. The van der Waals surface area contributed by atoms with Crippen LogP contribution in [-0.4, -0.2) is 54.9 Å². The van der Waals surface area contributed by atoms with E-state index >= 15 is 0 Å². The summed E-state index contributed by atoms with van der Waals surface area (Å²) in [6.45, 7) is 1.83. The molecule has 2 amide bonds. The van der Waals surface area contributed by atoms with Crippen LogP contribution >= 0.6 is 22.9 Å². The largest absolute Gasteiger partial charge is 0.465 e. The highest BCUT2D eigenvalue weighted by Crippen LogP contribution is 2.39. The number of aryl methyl sites for hydroxylation is 1. The van der Waals surface area contributed by atoms with E-state index in [1.807, 2.05) is 19.1 Å². The normalized spacial score (nSPS) is 10.7. The number of ether oxygens (including phenoxy) is 1. The molecule has 0 bridgehead atoms. The van der Waals surface area contributed by atoms with E-state index in [0.29, 0.717) is 27.0 Å². The fourth-order valence-electron chi connectivity index (χ4n) is 3.07. The fraction of sp³-hybridized carbons (Fsp3) is 0.217. The van der Waals surface area contributed by atoms with Gasteiger partial charge in [0.05, 0.1) is 20.2 Å². The van der Waals surface area contributed by atoms with Crippen molar-refractivity contribution < 1.29 is 19.1 Å². The third-order valence-electron chi connectivity index (χ3n) is 4.60. The van der Waals surface area contributed by atoms with Gasteiger partial charge in [-0.15, -0.1) is 11.3 Å². The van der Waals surface area contributed by atoms with Crippen molar-refractivity contribution in [2.24, 2.45) is 0 Å². The summed E-state index contributed by atoms with van der Waals surface area (Å²) in [5.74, 6) is -0.817. The second-order valence-electron chi connectivity index (χ2n) is 7.31. The molecule has 2 aromatic heterocycles. The molecule has 172 valence electrons. The molecule has 0 spiro atoms. The summed E-state index contributed by atoms with van der Waals surface area (Å²) >= 11 is 7.49. The molecular weight excluding hydrogens is 464 g/mol. The van der Waals surface area contributed by atoms with Crippen LogP contribution in [0.2, 0.25) is 5.02 Å². The molecule has 0 fully saturated rings. The minimum atomic E-state index is -0.584. The van der Waals surface area contributed by atoms with Crippen LogP contribution in [0.5, 0.6) is 0 Å². The van der Waals surface area contributed by atoms with Crippen molar-refractivity contribution in [1.29, 1.82) is 0 Å². The molecule has 3 aromatic rings. The van der Waals surface area contributed by atoms with Crippen molar-refractivity contribution in [3.05, 3.63) is 64.1 Å². The molecule has 0 radical (unpaired) electrons. The Morgan fingerprint density at radius 2 is 1.76 bits per heavy atom. The van der Waals surface area contributed by atoms with Crippen LogP contribution in [0.25, 0.3) is 11.1 Å². The zero-order chi connectivity index (χ0) is 24.0. The highest BCUT2D eigenvalue weighted by Gasteiger charge is 2.24. The summed E-state index contributed by atoms with van der Waals surface area (Å²) in [4.78, 5) is 43.0. The highest BCUT2D eigenvalue weighted by atomic mass is 35.5. The van der Waals surface area contributed by atoms with Gasteiger partial charge in [-0.05, 0) is 31.7 Å². The van der Waals surface area contributed by atoms with Crippen molar-refractivity contribution in [1.82, 2.24) is 9.88 Å². The first-order valence-electron chi connectivity index (χ1n) is 9.94. The predicted octanol–water partition coefficient (Wildman–Crippen LogP) is 4.07. The number of thiophene rings is 1. The molecular formula is C23H23ClN4O4S. The maximum atomic E-state index is 12.6. The second-order valence-corrected chi connectivity index (χ2v) is 8.60. The topological polar surface area (TPSA) is 101 Å². The van der Waals surface area contributed by atoms with E-state index in [0.717, 1.165) is 5.56 Å². The van der Waals surface area contributed by atoms with Gasteiger partial charge in [0.15, 0.2) is 0 Å². The number of carbonyl (C=O) groups is 3. The minimum Gasteiger partial charge on any atom is -0.465 e. The summed E-state index contributed by atoms with van der Waals surface area (Å²) in [7, 11) is 2.92. The lowest BCUT2D eigenvalue weighted by Gasteiger charge is -2.16. The Morgan fingerprint density at radius 1 is 1.06 bits per heavy atom. The number of anilines is 2. The number of pyridine rings is 1. The first kappa shape index (κ1) is 24.4. The van der Waals surface area contributed by atoms with Crippen LogP contribution in [0, 0.1) is 6.92 Å². The van der Waals surface area contributed by atoms with Gasteiger partial charge in [0, 0.05) is 27.7 Å². The molecule has 8 nitrogen and oxygen atoms in total. The van der Waals surface area contributed by atoms with E-state index in [2.05, 4.69) is 15.6 Å². The number of benzene rings is 1. The molecule has 33 heavy (non-hydrogen) atoms. The van der Waals surface area contributed by atoms with Gasteiger partial charge in [0.1, 0.15) is 16.4 Å². The van der Waals surface area contributed by atoms with Crippen LogP contribution in [0.4, 0.5) is 10.8 Å². The van der Waals surface area contributed by atoms with Crippen LogP contribution < -0.4 is 10.6 Å². The Morgan fingerprint density at radius 3 is 2.39 bits per heavy atom. The summed E-state index contributed by atoms with van der Waals surface area (Å²) in [5.41, 5.74) is 2.45. The minimum absolute atomic E-state index is 0.0118. The number of methoxy groups -OCH3 is 1. The molecule has 0 unspecified atom stereocenters. The van der Waals surface area contributed by atoms with Gasteiger partial charge in [0.25, 0.3) is 0 Å². The molecule has 10 heteroatoms. The average molecular weight is 487 g/mol. The molecule has 0 saturated carbocycles. The van der Waals surface area contributed by atoms with E-state index in [9.17, 15) is 14.4 Å².